The van der Waals surface area contributed by atoms with Crippen molar-refractivity contribution in [2.45, 2.75) is 31.7 Å². The summed E-state index contributed by atoms with van der Waals surface area (Å²) in [5.74, 6) is 1.34. The number of nitrogens with one attached hydrogen (secondary N) is 1. The lowest BCUT2D eigenvalue weighted by Gasteiger charge is -2.29. The highest BCUT2D eigenvalue weighted by Crippen LogP contribution is 2.32. The van der Waals surface area contributed by atoms with Gasteiger partial charge in [0, 0.05) is 25.9 Å². The number of fused-ring (bicyclic) bond motifs is 1. The van der Waals surface area contributed by atoms with Crippen molar-refractivity contribution in [3.05, 3.63) is 23.8 Å². The number of sulfone groups is 1. The van der Waals surface area contributed by atoms with Crippen molar-refractivity contribution in [2.75, 3.05) is 20.1 Å². The Morgan fingerprint density at radius 1 is 1.30 bits per heavy atom. The maximum atomic E-state index is 12.2. The Hall–Kier alpha value is -1.96. The van der Waals surface area contributed by atoms with Crippen molar-refractivity contribution in [3.63, 3.8) is 0 Å². The van der Waals surface area contributed by atoms with Crippen molar-refractivity contribution in [1.29, 1.82) is 0 Å². The summed E-state index contributed by atoms with van der Waals surface area (Å²) in [6, 6.07) is 4.69. The van der Waals surface area contributed by atoms with Gasteiger partial charge in [0.25, 0.3) is 0 Å². The lowest BCUT2D eigenvalue weighted by molar-refractivity contribution is 0.174. The van der Waals surface area contributed by atoms with Crippen LogP contribution >= 0.6 is 0 Å². The van der Waals surface area contributed by atoms with E-state index in [0.29, 0.717) is 18.0 Å². The quantitative estimate of drug-likeness (QED) is 0.874. The van der Waals surface area contributed by atoms with Gasteiger partial charge in [0.2, 0.25) is 6.79 Å². The van der Waals surface area contributed by atoms with Crippen LogP contribution in [0.4, 0.5) is 4.79 Å². The number of carbonyl (C=O) groups excluding carboxylic acids is 1. The zero-order valence-electron chi connectivity index (χ0n) is 13.7. The fourth-order valence-electron chi connectivity index (χ4n) is 2.21. The maximum Gasteiger partial charge on any atom is 0.317 e. The largest absolute Gasteiger partial charge is 0.454 e. The molecule has 0 aromatic heterocycles. The van der Waals surface area contributed by atoms with Crippen molar-refractivity contribution in [1.82, 2.24) is 10.2 Å². The van der Waals surface area contributed by atoms with E-state index < -0.39 is 21.1 Å². The van der Waals surface area contributed by atoms with E-state index in [0.717, 1.165) is 5.56 Å². The van der Waals surface area contributed by atoms with Gasteiger partial charge in [0.05, 0.1) is 5.25 Å². The molecule has 128 valence electrons. The number of hydrogen-bond donors (Lipinski definition) is 1. The lowest BCUT2D eigenvalue weighted by atomic mass is 10.2. The van der Waals surface area contributed by atoms with Crippen LogP contribution in [0, 0.1) is 0 Å². The molecule has 2 atom stereocenters. The number of carbonyl (C=O) groups is 1. The first kappa shape index (κ1) is 17.4. The molecule has 0 saturated carbocycles. The molecular weight excluding hydrogens is 320 g/mol. The highest BCUT2D eigenvalue weighted by Gasteiger charge is 2.28. The average Bonchev–Trinajstić information content (AvgIpc) is 2.96. The van der Waals surface area contributed by atoms with E-state index in [4.69, 9.17) is 9.47 Å². The van der Waals surface area contributed by atoms with Gasteiger partial charge in [-0.3, -0.25) is 0 Å². The molecule has 0 fully saturated rings. The van der Waals surface area contributed by atoms with Gasteiger partial charge in [-0.25, -0.2) is 13.2 Å². The van der Waals surface area contributed by atoms with Gasteiger partial charge in [-0.15, -0.1) is 0 Å². The molecule has 2 amide bonds. The third kappa shape index (κ3) is 4.07. The minimum absolute atomic E-state index is 0.203. The number of nitrogens with zero attached hydrogens (tertiary/aromatic N) is 1. The van der Waals surface area contributed by atoms with Crippen LogP contribution < -0.4 is 14.8 Å². The number of rotatable bonds is 5. The molecule has 1 aromatic rings. The third-order valence-corrected chi connectivity index (χ3v) is 5.91. The summed E-state index contributed by atoms with van der Waals surface area (Å²) in [6.07, 6.45) is 1.17. The summed E-state index contributed by atoms with van der Waals surface area (Å²) in [5.41, 5.74) is 0.875. The number of benzene rings is 1. The molecule has 8 heteroatoms. The van der Waals surface area contributed by atoms with Crippen molar-refractivity contribution in [2.24, 2.45) is 0 Å². The summed E-state index contributed by atoms with van der Waals surface area (Å²) >= 11 is 0. The van der Waals surface area contributed by atoms with E-state index in [-0.39, 0.29) is 12.8 Å². The molecule has 1 aliphatic heterocycles. The molecule has 1 aliphatic rings. The minimum atomic E-state index is -3.21. The van der Waals surface area contributed by atoms with E-state index in [2.05, 4.69) is 5.32 Å². The third-order valence-electron chi connectivity index (χ3n) is 4.17. The molecule has 0 aliphatic carbocycles. The first-order valence-corrected chi connectivity index (χ1v) is 9.23. The molecule has 0 bridgehead atoms. The summed E-state index contributed by atoms with van der Waals surface area (Å²) in [4.78, 5) is 13.6. The summed E-state index contributed by atoms with van der Waals surface area (Å²) in [5, 5.41) is 2.14. The van der Waals surface area contributed by atoms with E-state index in [1.807, 2.05) is 12.1 Å². The van der Waals surface area contributed by atoms with Gasteiger partial charge in [0.1, 0.15) is 0 Å². The van der Waals surface area contributed by atoms with E-state index >= 15 is 0 Å². The van der Waals surface area contributed by atoms with E-state index in [1.165, 1.54) is 11.2 Å². The van der Waals surface area contributed by atoms with Crippen LogP contribution in [0.5, 0.6) is 11.5 Å². The molecular formula is C15H22N2O5S. The standard InChI is InChI=1S/C15H22N2O5S/c1-10(11(2)23(4,19)20)17(3)15(18)16-8-12-5-6-13-14(7-12)22-9-21-13/h5-7,10-11H,8-9H2,1-4H3,(H,16,18)/t10-,11-/m1/s1. The lowest BCUT2D eigenvalue weighted by Crippen LogP contribution is -2.48. The first-order chi connectivity index (χ1) is 10.7. The molecule has 23 heavy (non-hydrogen) atoms. The highest BCUT2D eigenvalue weighted by molar-refractivity contribution is 7.91. The second-order valence-corrected chi connectivity index (χ2v) is 8.14. The fraction of sp³-hybridized carbons (Fsp3) is 0.533. The number of amides is 2. The normalized spacial score (nSPS) is 15.8. The Labute approximate surface area is 136 Å². The average molecular weight is 342 g/mol. The Morgan fingerprint density at radius 2 is 1.96 bits per heavy atom. The number of urea groups is 1. The van der Waals surface area contributed by atoms with Gasteiger partial charge in [-0.1, -0.05) is 6.07 Å². The van der Waals surface area contributed by atoms with Gasteiger partial charge >= 0.3 is 6.03 Å². The zero-order chi connectivity index (χ0) is 17.2. The van der Waals surface area contributed by atoms with E-state index in [1.54, 1.807) is 27.0 Å². The monoisotopic (exact) mass is 342 g/mol. The molecule has 1 N–H and O–H groups in total. The van der Waals surface area contributed by atoms with Crippen LogP contribution in [0.2, 0.25) is 0 Å². The smallest absolute Gasteiger partial charge is 0.317 e. The predicted molar refractivity (Wildman–Crippen MR) is 86.3 cm³/mol. The second kappa shape index (κ2) is 6.66. The maximum absolute atomic E-state index is 12.2. The Bertz CT molecular complexity index is 689. The topological polar surface area (TPSA) is 84.9 Å². The Balaban J connectivity index is 1.94. The molecule has 0 radical (unpaired) electrons. The Kier molecular flexibility index (Phi) is 5.03. The van der Waals surface area contributed by atoms with Crippen LogP contribution in [0.15, 0.2) is 18.2 Å². The van der Waals surface area contributed by atoms with Crippen molar-refractivity contribution >= 4 is 15.9 Å². The van der Waals surface area contributed by atoms with Crippen LogP contribution in [0.25, 0.3) is 0 Å². The molecule has 0 saturated heterocycles. The van der Waals surface area contributed by atoms with Crippen molar-refractivity contribution < 1.29 is 22.7 Å². The Morgan fingerprint density at radius 3 is 2.61 bits per heavy atom. The van der Waals surface area contributed by atoms with E-state index in [9.17, 15) is 13.2 Å². The highest BCUT2D eigenvalue weighted by atomic mass is 32.2. The summed E-state index contributed by atoms with van der Waals surface area (Å²) in [6.45, 7) is 3.84. The predicted octanol–water partition coefficient (Wildman–Crippen LogP) is 1.38. The fourth-order valence-corrected chi connectivity index (χ4v) is 3.11. The van der Waals surface area contributed by atoms with Crippen LogP contribution in [0.1, 0.15) is 19.4 Å². The van der Waals surface area contributed by atoms with Crippen molar-refractivity contribution in [3.8, 4) is 11.5 Å². The van der Waals surface area contributed by atoms with Crippen LogP contribution in [-0.2, 0) is 16.4 Å². The van der Waals surface area contributed by atoms with Gasteiger partial charge < -0.3 is 19.7 Å². The molecule has 1 heterocycles. The summed E-state index contributed by atoms with van der Waals surface area (Å²) < 4.78 is 33.7. The molecule has 7 nitrogen and oxygen atoms in total. The first-order valence-electron chi connectivity index (χ1n) is 7.28. The van der Waals surface area contributed by atoms with Crippen LogP contribution in [-0.4, -0.2) is 50.7 Å². The second-order valence-electron chi connectivity index (χ2n) is 5.73. The SMILES string of the molecule is C[C@H]([C@@H](C)S(C)(=O)=O)N(C)C(=O)NCc1ccc2c(c1)OCO2. The number of ether oxygens (including phenoxy) is 2. The minimum Gasteiger partial charge on any atom is -0.454 e. The molecule has 0 spiro atoms. The molecule has 2 rings (SSSR count). The van der Waals surface area contributed by atoms with Crippen LogP contribution in [0.3, 0.4) is 0 Å². The zero-order valence-corrected chi connectivity index (χ0v) is 14.5. The van der Waals surface area contributed by atoms with Gasteiger partial charge in [-0.05, 0) is 31.5 Å². The van der Waals surface area contributed by atoms with Gasteiger partial charge in [0.15, 0.2) is 21.3 Å². The van der Waals surface area contributed by atoms with Gasteiger partial charge in [-0.2, -0.15) is 0 Å². The number of hydrogen-bond acceptors (Lipinski definition) is 5. The summed E-state index contributed by atoms with van der Waals surface area (Å²) in [7, 11) is -1.62. The molecule has 1 aromatic carbocycles. The molecule has 0 unspecified atom stereocenters.